The molecule has 5 rings (SSSR count). The maximum Gasteiger partial charge on any atom is 0.264 e. The van der Waals surface area contributed by atoms with E-state index < -0.39 is 5.41 Å². The normalized spacial score (nSPS) is 15.0. The van der Waals surface area contributed by atoms with Crippen LogP contribution >= 0.6 is 11.5 Å². The highest BCUT2D eigenvalue weighted by Gasteiger charge is 2.54. The second kappa shape index (κ2) is 6.83. The van der Waals surface area contributed by atoms with Gasteiger partial charge >= 0.3 is 0 Å². The van der Waals surface area contributed by atoms with Crippen LogP contribution in [0, 0.1) is 0 Å². The fourth-order valence-corrected chi connectivity index (χ4v) is 4.18. The molecule has 4 aromatic rings. The number of furan rings is 1. The highest BCUT2D eigenvalue weighted by molar-refractivity contribution is 7.06. The number of benzene rings is 1. The summed E-state index contributed by atoms with van der Waals surface area (Å²) in [6, 6.07) is 8.19. The molecule has 8 nitrogen and oxygen atoms in total. The first-order valence-electron chi connectivity index (χ1n) is 9.18. The molecule has 0 saturated heterocycles. The number of fused-ring (bicyclic) bond motifs is 1. The number of hydrogen-bond donors (Lipinski definition) is 1. The van der Waals surface area contributed by atoms with E-state index in [4.69, 9.17) is 4.42 Å². The van der Waals surface area contributed by atoms with Crippen LogP contribution in [0.3, 0.4) is 0 Å². The number of carbonyl (C=O) groups is 1. The number of nitrogens with zero attached hydrogens (tertiary/aromatic N) is 5. The average molecular weight is 394 g/mol. The van der Waals surface area contributed by atoms with Crippen molar-refractivity contribution in [2.75, 3.05) is 6.54 Å². The van der Waals surface area contributed by atoms with E-state index in [1.54, 1.807) is 12.6 Å². The Morgan fingerprint density at radius 2 is 2.25 bits per heavy atom. The smallest absolute Gasteiger partial charge is 0.264 e. The number of rotatable bonds is 7. The van der Waals surface area contributed by atoms with Crippen molar-refractivity contribution in [3.8, 4) is 5.95 Å². The molecule has 0 bridgehead atoms. The Morgan fingerprint density at radius 1 is 1.32 bits per heavy atom. The molecule has 1 fully saturated rings. The monoisotopic (exact) mass is 394 g/mol. The van der Waals surface area contributed by atoms with Gasteiger partial charge in [-0.2, -0.15) is 14.2 Å². The molecule has 1 saturated carbocycles. The van der Waals surface area contributed by atoms with E-state index in [-0.39, 0.29) is 5.91 Å². The lowest BCUT2D eigenvalue weighted by atomic mass is 10.1. The maximum absolute atomic E-state index is 12.8. The largest absolute Gasteiger partial charge is 0.464 e. The zero-order valence-corrected chi connectivity index (χ0v) is 15.9. The summed E-state index contributed by atoms with van der Waals surface area (Å²) in [5.74, 6) is 0.500. The quantitative estimate of drug-likeness (QED) is 0.484. The van der Waals surface area contributed by atoms with Crippen molar-refractivity contribution in [3.05, 3.63) is 53.8 Å². The second-order valence-electron chi connectivity index (χ2n) is 6.97. The zero-order chi connectivity index (χ0) is 19.0. The molecule has 1 amide bonds. The molecule has 0 spiro atoms. The van der Waals surface area contributed by atoms with E-state index in [0.29, 0.717) is 12.5 Å². The van der Waals surface area contributed by atoms with Gasteiger partial charge in [-0.1, -0.05) is 12.1 Å². The van der Waals surface area contributed by atoms with Gasteiger partial charge < -0.3 is 9.73 Å². The van der Waals surface area contributed by atoms with Crippen molar-refractivity contribution >= 4 is 28.4 Å². The summed E-state index contributed by atoms with van der Waals surface area (Å²) < 4.78 is 11.3. The molecule has 142 valence electrons. The molecule has 28 heavy (non-hydrogen) atoms. The molecule has 3 aromatic heterocycles. The Balaban J connectivity index is 1.17. The van der Waals surface area contributed by atoms with Gasteiger partial charge in [-0.05, 0) is 54.9 Å². The lowest BCUT2D eigenvalue weighted by molar-refractivity contribution is -0.123. The molecule has 9 heteroatoms. The molecule has 1 aromatic carbocycles. The molecule has 1 N–H and O–H groups in total. The topological polar surface area (TPSA) is 98.7 Å². The lowest BCUT2D eigenvalue weighted by Gasteiger charge is -2.12. The third-order valence-electron chi connectivity index (χ3n) is 5.08. The van der Waals surface area contributed by atoms with E-state index in [1.165, 1.54) is 28.1 Å². The number of hydrogen-bond acceptors (Lipinski definition) is 7. The standard InChI is InChI=1S/C19H18N6O2S/c26-16(21-8-1-2-13-3-4-14-5-9-27-15(14)10-13)19(6-7-19)17-23-18(24-28-17)25-12-20-11-22-25/h3-5,9-12H,1-2,6-8H2,(H,21,26). The van der Waals surface area contributed by atoms with Crippen LogP contribution in [0.5, 0.6) is 0 Å². The van der Waals surface area contributed by atoms with Crippen LogP contribution < -0.4 is 5.32 Å². The number of aromatic nitrogens is 5. The maximum atomic E-state index is 12.8. The Kier molecular flexibility index (Phi) is 4.16. The summed E-state index contributed by atoms with van der Waals surface area (Å²) in [6.45, 7) is 0.630. The number of nitrogens with one attached hydrogen (secondary N) is 1. The summed E-state index contributed by atoms with van der Waals surface area (Å²) in [5.41, 5.74) is 1.58. The van der Waals surface area contributed by atoms with Gasteiger partial charge in [0.15, 0.2) is 0 Å². The molecule has 3 heterocycles. The molecule has 0 atom stereocenters. The first-order chi connectivity index (χ1) is 13.7. The Morgan fingerprint density at radius 3 is 3.07 bits per heavy atom. The third-order valence-corrected chi connectivity index (χ3v) is 5.99. The fourth-order valence-electron chi connectivity index (χ4n) is 3.30. The first-order valence-corrected chi connectivity index (χ1v) is 9.96. The predicted octanol–water partition coefficient (Wildman–Crippen LogP) is 2.65. The van der Waals surface area contributed by atoms with E-state index in [2.05, 4.69) is 43.0 Å². The van der Waals surface area contributed by atoms with Gasteiger partial charge in [-0.15, -0.1) is 0 Å². The van der Waals surface area contributed by atoms with Crippen molar-refractivity contribution in [2.45, 2.75) is 31.1 Å². The van der Waals surface area contributed by atoms with Gasteiger partial charge in [0.1, 0.15) is 28.7 Å². The lowest BCUT2D eigenvalue weighted by Crippen LogP contribution is -2.35. The van der Waals surface area contributed by atoms with Gasteiger partial charge in [0.2, 0.25) is 5.91 Å². The molecule has 0 unspecified atom stereocenters. The van der Waals surface area contributed by atoms with E-state index in [1.807, 2.05) is 6.07 Å². The molecular weight excluding hydrogens is 376 g/mol. The van der Waals surface area contributed by atoms with Gasteiger partial charge in [0.25, 0.3) is 5.95 Å². The first kappa shape index (κ1) is 17.1. The van der Waals surface area contributed by atoms with Crippen LogP contribution in [0.25, 0.3) is 16.9 Å². The average Bonchev–Trinajstić information content (AvgIpc) is 3.15. The van der Waals surface area contributed by atoms with Gasteiger partial charge in [0.05, 0.1) is 6.26 Å². The SMILES string of the molecule is O=C(NCCCc1ccc2ccoc2c1)C1(c2nc(-n3cncn3)ns2)CC1. The van der Waals surface area contributed by atoms with Crippen LogP contribution in [-0.4, -0.2) is 36.6 Å². The van der Waals surface area contributed by atoms with Crippen LogP contribution in [0.15, 0.2) is 47.6 Å². The molecule has 1 aliphatic carbocycles. The van der Waals surface area contributed by atoms with Crippen molar-refractivity contribution in [2.24, 2.45) is 0 Å². The predicted molar refractivity (Wildman–Crippen MR) is 103 cm³/mol. The fraction of sp³-hybridized carbons (Fsp3) is 0.316. The Hall–Kier alpha value is -3.07. The minimum Gasteiger partial charge on any atom is -0.464 e. The second-order valence-corrected chi connectivity index (χ2v) is 7.73. The summed E-state index contributed by atoms with van der Waals surface area (Å²) >= 11 is 1.26. The summed E-state index contributed by atoms with van der Waals surface area (Å²) in [7, 11) is 0. The van der Waals surface area contributed by atoms with Gasteiger partial charge in [0, 0.05) is 11.9 Å². The molecule has 1 aliphatic rings. The Labute approximate surface area is 164 Å². The zero-order valence-electron chi connectivity index (χ0n) is 15.0. The van der Waals surface area contributed by atoms with Crippen LogP contribution in [-0.2, 0) is 16.6 Å². The van der Waals surface area contributed by atoms with Crippen molar-refractivity contribution in [3.63, 3.8) is 0 Å². The Bertz CT molecular complexity index is 1110. The van der Waals surface area contributed by atoms with Gasteiger partial charge in [-0.3, -0.25) is 4.79 Å². The summed E-state index contributed by atoms with van der Waals surface area (Å²) in [6.07, 6.45) is 8.05. The third kappa shape index (κ3) is 3.07. The highest BCUT2D eigenvalue weighted by Crippen LogP contribution is 2.49. The van der Waals surface area contributed by atoms with Crippen molar-refractivity contribution in [1.29, 1.82) is 0 Å². The van der Waals surface area contributed by atoms with Gasteiger partial charge in [-0.25, -0.2) is 9.97 Å². The van der Waals surface area contributed by atoms with Crippen LogP contribution in [0.2, 0.25) is 0 Å². The summed E-state index contributed by atoms with van der Waals surface area (Å²) in [5, 5.41) is 8.96. The van der Waals surface area contributed by atoms with E-state index in [9.17, 15) is 4.79 Å². The van der Waals surface area contributed by atoms with Crippen molar-refractivity contribution < 1.29 is 9.21 Å². The van der Waals surface area contributed by atoms with Crippen LogP contribution in [0.1, 0.15) is 29.8 Å². The number of aryl methyl sites for hydroxylation is 1. The van der Waals surface area contributed by atoms with E-state index in [0.717, 1.165) is 41.7 Å². The molecular formula is C19H18N6O2S. The van der Waals surface area contributed by atoms with Crippen LogP contribution in [0.4, 0.5) is 0 Å². The highest BCUT2D eigenvalue weighted by atomic mass is 32.1. The summed E-state index contributed by atoms with van der Waals surface area (Å²) in [4.78, 5) is 21.2. The number of amides is 1. The molecule has 0 aliphatic heterocycles. The van der Waals surface area contributed by atoms with Crippen molar-refractivity contribution in [1.82, 2.24) is 29.4 Å². The minimum atomic E-state index is -0.524. The number of carbonyl (C=O) groups excluding carboxylic acids is 1. The van der Waals surface area contributed by atoms with E-state index >= 15 is 0 Å². The minimum absolute atomic E-state index is 0.0373. The molecule has 0 radical (unpaired) electrons.